The minimum atomic E-state index is -0.0122. The Kier molecular flexibility index (Phi) is 5.68. The Labute approximate surface area is 167 Å². The van der Waals surface area contributed by atoms with Crippen molar-refractivity contribution in [1.82, 2.24) is 10.3 Å². The number of hydrogen-bond donors (Lipinski definition) is 1. The Balaban J connectivity index is 1.71. The molecule has 1 aliphatic heterocycles. The van der Waals surface area contributed by atoms with Crippen LogP contribution in [0.3, 0.4) is 0 Å². The van der Waals surface area contributed by atoms with Crippen molar-refractivity contribution >= 4 is 17.7 Å². The quantitative estimate of drug-likeness (QED) is 0.843. The molecule has 4 heteroatoms. The number of hydrogen-bond acceptors (Lipinski definition) is 3. The normalized spacial score (nSPS) is 22.8. The van der Waals surface area contributed by atoms with E-state index in [0.29, 0.717) is 6.54 Å². The molecular formula is C24H27N3O. The number of nitrogens with one attached hydrogen (secondary N) is 1. The highest BCUT2D eigenvalue weighted by molar-refractivity contribution is 6.08. The van der Waals surface area contributed by atoms with Crippen molar-refractivity contribution in [3.63, 3.8) is 0 Å². The second-order valence-electron chi connectivity index (χ2n) is 7.44. The number of likely N-dealkylation sites (N-methyl/N-ethyl adjacent to an activating group) is 1. The van der Waals surface area contributed by atoms with E-state index in [1.807, 2.05) is 31.2 Å². The number of rotatable bonds is 5. The molecule has 28 heavy (non-hydrogen) atoms. The predicted octanol–water partition coefficient (Wildman–Crippen LogP) is 4.42. The van der Waals surface area contributed by atoms with Gasteiger partial charge in [0.15, 0.2) is 0 Å². The Morgan fingerprint density at radius 1 is 1.14 bits per heavy atom. The molecular weight excluding hydrogens is 346 g/mol. The molecule has 1 amide bonds. The molecule has 4 nitrogen and oxygen atoms in total. The summed E-state index contributed by atoms with van der Waals surface area (Å²) >= 11 is 0. The standard InChI is InChI=1S/C24H27N3O/c1-2-25-17-22(28)27-24(19-12-7-4-8-13-19)21-15-9-14-20(23(21)26-27)16-18-10-5-3-6-11-18/h3-8,10-13,16,21,24-25H,2,9,14-15,17H2,1H3. The molecule has 0 bridgehead atoms. The van der Waals surface area contributed by atoms with Crippen molar-refractivity contribution in [3.05, 3.63) is 77.4 Å². The minimum Gasteiger partial charge on any atom is -0.309 e. The second kappa shape index (κ2) is 8.53. The molecule has 0 aromatic heterocycles. The molecule has 2 unspecified atom stereocenters. The van der Waals surface area contributed by atoms with Gasteiger partial charge in [-0.1, -0.05) is 67.6 Å². The summed E-state index contributed by atoms with van der Waals surface area (Å²) < 4.78 is 0. The summed E-state index contributed by atoms with van der Waals surface area (Å²) in [5, 5.41) is 9.78. The first-order valence-electron chi connectivity index (χ1n) is 10.2. The van der Waals surface area contributed by atoms with Crippen LogP contribution in [0, 0.1) is 5.92 Å². The maximum atomic E-state index is 12.9. The number of allylic oxidation sites excluding steroid dienone is 1. The maximum Gasteiger partial charge on any atom is 0.257 e. The van der Waals surface area contributed by atoms with Crippen molar-refractivity contribution in [1.29, 1.82) is 0 Å². The van der Waals surface area contributed by atoms with Gasteiger partial charge >= 0.3 is 0 Å². The van der Waals surface area contributed by atoms with Crippen LogP contribution in [-0.4, -0.2) is 29.7 Å². The lowest BCUT2D eigenvalue weighted by Gasteiger charge is -2.29. The number of carbonyl (C=O) groups is 1. The van der Waals surface area contributed by atoms with Gasteiger partial charge in [-0.2, -0.15) is 5.10 Å². The number of nitrogens with zero attached hydrogens (tertiary/aromatic N) is 2. The van der Waals surface area contributed by atoms with Gasteiger partial charge in [0.2, 0.25) is 0 Å². The molecule has 1 fully saturated rings. The van der Waals surface area contributed by atoms with Gasteiger partial charge in [0.1, 0.15) is 0 Å². The van der Waals surface area contributed by atoms with Gasteiger partial charge in [0.05, 0.1) is 18.3 Å². The van der Waals surface area contributed by atoms with Gasteiger partial charge in [-0.25, -0.2) is 5.01 Å². The van der Waals surface area contributed by atoms with Crippen LogP contribution in [0.2, 0.25) is 0 Å². The first-order valence-corrected chi connectivity index (χ1v) is 10.2. The zero-order valence-corrected chi connectivity index (χ0v) is 16.3. The van der Waals surface area contributed by atoms with Crippen molar-refractivity contribution in [2.45, 2.75) is 32.2 Å². The number of hydrazone groups is 1. The Bertz CT molecular complexity index is 873. The molecule has 1 aliphatic carbocycles. The molecule has 4 rings (SSSR count). The first kappa shape index (κ1) is 18.6. The van der Waals surface area contributed by atoms with E-state index >= 15 is 0 Å². The van der Waals surface area contributed by atoms with Crippen molar-refractivity contribution < 1.29 is 4.79 Å². The molecule has 1 saturated carbocycles. The van der Waals surface area contributed by atoms with Crippen LogP contribution in [0.5, 0.6) is 0 Å². The van der Waals surface area contributed by atoms with Gasteiger partial charge < -0.3 is 5.32 Å². The largest absolute Gasteiger partial charge is 0.309 e. The number of benzene rings is 2. The molecule has 0 spiro atoms. The summed E-state index contributed by atoms with van der Waals surface area (Å²) in [5.41, 5.74) is 4.71. The van der Waals surface area contributed by atoms with Crippen LogP contribution in [-0.2, 0) is 4.79 Å². The molecule has 2 aromatic rings. The summed E-state index contributed by atoms with van der Waals surface area (Å²) in [4.78, 5) is 12.9. The Hall–Kier alpha value is -2.72. The lowest BCUT2D eigenvalue weighted by atomic mass is 9.77. The number of amides is 1. The molecule has 1 heterocycles. The minimum absolute atomic E-state index is 0.0122. The topological polar surface area (TPSA) is 44.7 Å². The second-order valence-corrected chi connectivity index (χ2v) is 7.44. The molecule has 2 atom stereocenters. The third-order valence-electron chi connectivity index (χ3n) is 5.56. The first-order chi connectivity index (χ1) is 13.8. The van der Waals surface area contributed by atoms with E-state index in [4.69, 9.17) is 5.10 Å². The highest BCUT2D eigenvalue weighted by atomic mass is 16.2. The van der Waals surface area contributed by atoms with Gasteiger partial charge in [-0.15, -0.1) is 0 Å². The summed E-state index contributed by atoms with van der Waals surface area (Å²) in [7, 11) is 0. The smallest absolute Gasteiger partial charge is 0.257 e. The number of fused-ring (bicyclic) bond motifs is 1. The zero-order valence-electron chi connectivity index (χ0n) is 16.3. The van der Waals surface area contributed by atoms with E-state index < -0.39 is 0 Å². The van der Waals surface area contributed by atoms with E-state index in [1.54, 1.807) is 5.01 Å². The average Bonchev–Trinajstić information content (AvgIpc) is 3.14. The molecule has 2 aliphatic rings. The SMILES string of the molecule is CCNCC(=O)N1N=C2C(=Cc3ccccc3)CCCC2C1c1ccccc1. The van der Waals surface area contributed by atoms with Crippen LogP contribution in [0.1, 0.15) is 43.4 Å². The zero-order chi connectivity index (χ0) is 19.3. The fourth-order valence-electron chi connectivity index (χ4n) is 4.25. The lowest BCUT2D eigenvalue weighted by molar-refractivity contribution is -0.132. The highest BCUT2D eigenvalue weighted by Gasteiger charge is 2.43. The third kappa shape index (κ3) is 3.78. The van der Waals surface area contributed by atoms with Gasteiger partial charge in [0.25, 0.3) is 5.91 Å². The average molecular weight is 374 g/mol. The maximum absolute atomic E-state index is 12.9. The molecule has 1 N–H and O–H groups in total. The van der Waals surface area contributed by atoms with Crippen molar-refractivity contribution in [2.75, 3.05) is 13.1 Å². The van der Waals surface area contributed by atoms with Crippen molar-refractivity contribution in [2.24, 2.45) is 11.0 Å². The molecule has 0 saturated heterocycles. The summed E-state index contributed by atoms with van der Waals surface area (Å²) in [5.74, 6) is 0.299. The van der Waals surface area contributed by atoms with Gasteiger partial charge in [-0.05, 0) is 48.6 Å². The van der Waals surface area contributed by atoms with Crippen molar-refractivity contribution in [3.8, 4) is 0 Å². The van der Waals surface area contributed by atoms with E-state index in [0.717, 1.165) is 37.1 Å². The summed E-state index contributed by atoms with van der Waals surface area (Å²) in [6, 6.07) is 20.7. The van der Waals surface area contributed by atoms with E-state index in [-0.39, 0.29) is 17.9 Å². The van der Waals surface area contributed by atoms with Gasteiger partial charge in [-0.3, -0.25) is 4.79 Å². The van der Waals surface area contributed by atoms with Crippen LogP contribution >= 0.6 is 0 Å². The number of carbonyl (C=O) groups excluding carboxylic acids is 1. The van der Waals surface area contributed by atoms with Crippen LogP contribution in [0.15, 0.2) is 71.3 Å². The molecule has 144 valence electrons. The fourth-order valence-corrected chi connectivity index (χ4v) is 4.25. The molecule has 0 radical (unpaired) electrons. The van der Waals surface area contributed by atoms with E-state index in [9.17, 15) is 4.79 Å². The predicted molar refractivity (Wildman–Crippen MR) is 114 cm³/mol. The Morgan fingerprint density at radius 3 is 2.57 bits per heavy atom. The van der Waals surface area contributed by atoms with Crippen LogP contribution in [0.25, 0.3) is 6.08 Å². The highest BCUT2D eigenvalue weighted by Crippen LogP contribution is 2.44. The summed E-state index contributed by atoms with van der Waals surface area (Å²) in [6.45, 7) is 3.11. The van der Waals surface area contributed by atoms with E-state index in [2.05, 4.69) is 47.8 Å². The lowest BCUT2D eigenvalue weighted by Crippen LogP contribution is -2.37. The Morgan fingerprint density at radius 2 is 1.86 bits per heavy atom. The summed E-state index contributed by atoms with van der Waals surface area (Å²) in [6.07, 6.45) is 5.45. The third-order valence-corrected chi connectivity index (χ3v) is 5.56. The van der Waals surface area contributed by atoms with Gasteiger partial charge in [0, 0.05) is 5.92 Å². The van der Waals surface area contributed by atoms with Crippen LogP contribution in [0.4, 0.5) is 0 Å². The van der Waals surface area contributed by atoms with Crippen LogP contribution < -0.4 is 5.32 Å². The fraction of sp³-hybridized carbons (Fsp3) is 0.333. The molecule has 2 aromatic carbocycles. The monoisotopic (exact) mass is 373 g/mol. The van der Waals surface area contributed by atoms with E-state index in [1.165, 1.54) is 11.1 Å².